The van der Waals surface area contributed by atoms with E-state index in [1.54, 1.807) is 6.07 Å². The average Bonchev–Trinajstić information content (AvgIpc) is 2.77. The molecule has 2 saturated heterocycles. The second kappa shape index (κ2) is 7.27. The van der Waals surface area contributed by atoms with E-state index in [1.165, 1.54) is 11.3 Å². The molecule has 5 heteroatoms. The Balaban J connectivity index is 1.44. The van der Waals surface area contributed by atoms with Gasteiger partial charge in [-0.2, -0.15) is 0 Å². The number of hydrogen-bond acceptors (Lipinski definition) is 4. The molecule has 2 atom stereocenters. The van der Waals surface area contributed by atoms with E-state index in [2.05, 4.69) is 54.1 Å². The van der Waals surface area contributed by atoms with Crippen LogP contribution in [0.25, 0.3) is 0 Å². The second-order valence-electron chi connectivity index (χ2n) is 10.1. The van der Waals surface area contributed by atoms with Crippen LogP contribution in [-0.4, -0.2) is 54.7 Å². The van der Waals surface area contributed by atoms with E-state index < -0.39 is 0 Å². The lowest BCUT2D eigenvalue weighted by Crippen LogP contribution is -2.64. The zero-order valence-electron chi connectivity index (χ0n) is 18.8. The third-order valence-corrected chi connectivity index (χ3v) is 8.48. The number of nitrogens with one attached hydrogen (secondary N) is 1. The number of carbonyl (C=O) groups excluding carboxylic acids is 1. The van der Waals surface area contributed by atoms with Crippen molar-refractivity contribution in [2.75, 3.05) is 37.6 Å². The Hall–Kier alpha value is -2.53. The molecule has 1 amide bonds. The Morgan fingerprint density at radius 1 is 1.03 bits per heavy atom. The fourth-order valence-corrected chi connectivity index (χ4v) is 6.07. The van der Waals surface area contributed by atoms with Crippen LogP contribution in [0.3, 0.4) is 0 Å². The Morgan fingerprint density at radius 3 is 2.45 bits per heavy atom. The van der Waals surface area contributed by atoms with Gasteiger partial charge in [0.1, 0.15) is 5.75 Å². The van der Waals surface area contributed by atoms with Crippen LogP contribution in [0.5, 0.6) is 5.75 Å². The van der Waals surface area contributed by atoms with E-state index in [1.807, 2.05) is 18.2 Å². The number of phenols is 1. The first-order chi connectivity index (χ1) is 14.8. The molecule has 2 aliphatic heterocycles. The minimum Gasteiger partial charge on any atom is -0.508 e. The number of nitrogens with zero attached hydrogens (tertiary/aromatic N) is 2. The minimum atomic E-state index is -0.0809. The molecule has 0 radical (unpaired) electrons. The van der Waals surface area contributed by atoms with Crippen LogP contribution in [-0.2, 0) is 11.8 Å². The van der Waals surface area contributed by atoms with Crippen molar-refractivity contribution in [3.05, 3.63) is 59.2 Å². The van der Waals surface area contributed by atoms with E-state index in [0.717, 1.165) is 50.3 Å². The van der Waals surface area contributed by atoms with Crippen molar-refractivity contribution in [1.29, 1.82) is 0 Å². The molecule has 164 valence electrons. The molecule has 2 unspecified atom stereocenters. The summed E-state index contributed by atoms with van der Waals surface area (Å²) in [5.74, 6) is 0.463. The van der Waals surface area contributed by atoms with Gasteiger partial charge in [0.2, 0.25) is 0 Å². The topological polar surface area (TPSA) is 55.8 Å². The fraction of sp³-hybridized carbons (Fsp3) is 0.500. The predicted octanol–water partition coefficient (Wildman–Crippen LogP) is 3.56. The number of carbonyl (C=O) groups is 1. The maximum atomic E-state index is 13.6. The van der Waals surface area contributed by atoms with Gasteiger partial charge in [-0.3, -0.25) is 4.79 Å². The summed E-state index contributed by atoms with van der Waals surface area (Å²) in [5.41, 5.74) is 4.06. The molecule has 1 aliphatic carbocycles. The van der Waals surface area contributed by atoms with Crippen LogP contribution in [0.4, 0.5) is 5.69 Å². The monoisotopic (exact) mass is 419 g/mol. The number of piperidine rings is 1. The smallest absolute Gasteiger partial charge is 0.254 e. The van der Waals surface area contributed by atoms with Crippen LogP contribution in [0.2, 0.25) is 0 Å². The number of fused-ring (bicyclic) bond motifs is 4. The number of benzene rings is 2. The quantitative estimate of drug-likeness (QED) is 0.782. The molecule has 2 N–H and O–H groups in total. The van der Waals surface area contributed by atoms with Crippen LogP contribution >= 0.6 is 0 Å². The van der Waals surface area contributed by atoms with Crippen molar-refractivity contribution in [1.82, 2.24) is 10.2 Å². The van der Waals surface area contributed by atoms with Gasteiger partial charge in [0.05, 0.1) is 0 Å². The van der Waals surface area contributed by atoms with E-state index in [-0.39, 0.29) is 22.8 Å². The van der Waals surface area contributed by atoms with Crippen LogP contribution < -0.4 is 10.2 Å². The van der Waals surface area contributed by atoms with Crippen LogP contribution in [0.1, 0.15) is 48.7 Å². The molecule has 0 saturated carbocycles. The largest absolute Gasteiger partial charge is 0.508 e. The summed E-state index contributed by atoms with van der Waals surface area (Å²) < 4.78 is 0. The van der Waals surface area contributed by atoms with Gasteiger partial charge in [-0.05, 0) is 59.7 Å². The highest BCUT2D eigenvalue weighted by atomic mass is 16.3. The Morgan fingerprint density at radius 2 is 1.74 bits per heavy atom. The lowest BCUT2D eigenvalue weighted by molar-refractivity contribution is -0.0266. The normalized spacial score (nSPS) is 27.0. The summed E-state index contributed by atoms with van der Waals surface area (Å²) >= 11 is 0. The van der Waals surface area contributed by atoms with Crippen molar-refractivity contribution in [2.45, 2.75) is 45.1 Å². The van der Waals surface area contributed by atoms with Crippen molar-refractivity contribution in [3.63, 3.8) is 0 Å². The highest BCUT2D eigenvalue weighted by Gasteiger charge is 2.57. The Labute approximate surface area is 185 Å². The lowest BCUT2D eigenvalue weighted by atomic mass is 9.51. The van der Waals surface area contributed by atoms with E-state index >= 15 is 0 Å². The number of amides is 1. The molecule has 3 aliphatic rings. The summed E-state index contributed by atoms with van der Waals surface area (Å²) in [6.45, 7) is 11.6. The standard InChI is InChI=1S/C26H33N3O2/c1-25(2)23-17-20-21(5-4-6-22(20)30)26(25,3)11-14-29(23)24(31)18-7-9-19(10-8-18)28-15-12-27-13-16-28/h4-10,23,27,30H,11-17H2,1-3H3. The van der Waals surface area contributed by atoms with Crippen molar-refractivity contribution < 1.29 is 9.90 Å². The van der Waals surface area contributed by atoms with Gasteiger partial charge in [-0.1, -0.05) is 32.9 Å². The van der Waals surface area contributed by atoms with Crippen molar-refractivity contribution in [2.24, 2.45) is 5.41 Å². The molecule has 2 aromatic carbocycles. The summed E-state index contributed by atoms with van der Waals surface area (Å²) in [6, 6.07) is 14.1. The third-order valence-electron chi connectivity index (χ3n) is 8.48. The van der Waals surface area contributed by atoms with Crippen LogP contribution in [0.15, 0.2) is 42.5 Å². The molecule has 0 aromatic heterocycles. The molecule has 2 bridgehead atoms. The number of anilines is 1. The molecule has 2 fully saturated rings. The zero-order valence-corrected chi connectivity index (χ0v) is 18.8. The highest BCUT2D eigenvalue weighted by Crippen LogP contribution is 2.57. The molecule has 0 spiro atoms. The van der Waals surface area contributed by atoms with Gasteiger partial charge in [-0.15, -0.1) is 0 Å². The van der Waals surface area contributed by atoms with Crippen molar-refractivity contribution >= 4 is 11.6 Å². The fourth-order valence-electron chi connectivity index (χ4n) is 6.07. The summed E-state index contributed by atoms with van der Waals surface area (Å²) in [4.78, 5) is 18.0. The molecule has 2 heterocycles. The second-order valence-corrected chi connectivity index (χ2v) is 10.1. The molecule has 2 aromatic rings. The molecular formula is C26H33N3O2. The zero-order chi connectivity index (χ0) is 21.8. The van der Waals surface area contributed by atoms with E-state index in [4.69, 9.17) is 0 Å². The minimum absolute atomic E-state index is 0.0624. The van der Waals surface area contributed by atoms with Crippen molar-refractivity contribution in [3.8, 4) is 5.75 Å². The summed E-state index contributed by atoms with van der Waals surface area (Å²) in [6.07, 6.45) is 1.60. The van der Waals surface area contributed by atoms with Gasteiger partial charge in [0.25, 0.3) is 5.91 Å². The van der Waals surface area contributed by atoms with Gasteiger partial charge in [-0.25, -0.2) is 0 Å². The molecule has 5 rings (SSSR count). The SMILES string of the molecule is CC12CCN(C(=O)c3ccc(N4CCNCC4)cc3)C(Cc3c(O)cccc31)C2(C)C. The Kier molecular flexibility index (Phi) is 4.78. The average molecular weight is 420 g/mol. The lowest BCUT2D eigenvalue weighted by Gasteiger charge is -2.60. The first-order valence-corrected chi connectivity index (χ1v) is 11.5. The molecule has 5 nitrogen and oxygen atoms in total. The Bertz CT molecular complexity index is 994. The number of phenolic OH excluding ortho intramolecular Hbond substituents is 1. The van der Waals surface area contributed by atoms with Gasteiger partial charge < -0.3 is 20.2 Å². The molecular weight excluding hydrogens is 386 g/mol. The highest BCUT2D eigenvalue weighted by molar-refractivity contribution is 5.95. The molecule has 31 heavy (non-hydrogen) atoms. The number of likely N-dealkylation sites (tertiary alicyclic amines) is 1. The maximum Gasteiger partial charge on any atom is 0.254 e. The summed E-state index contributed by atoms with van der Waals surface area (Å²) in [7, 11) is 0. The number of piperazine rings is 1. The predicted molar refractivity (Wildman–Crippen MR) is 124 cm³/mol. The first-order valence-electron chi connectivity index (χ1n) is 11.5. The maximum absolute atomic E-state index is 13.6. The van der Waals surface area contributed by atoms with Gasteiger partial charge in [0.15, 0.2) is 0 Å². The van der Waals surface area contributed by atoms with Gasteiger partial charge in [0, 0.05) is 55.4 Å². The number of aromatic hydroxyl groups is 1. The number of hydrogen-bond donors (Lipinski definition) is 2. The van der Waals surface area contributed by atoms with Crippen LogP contribution in [0, 0.1) is 5.41 Å². The van der Waals surface area contributed by atoms with E-state index in [9.17, 15) is 9.90 Å². The van der Waals surface area contributed by atoms with E-state index in [0.29, 0.717) is 12.2 Å². The first kappa shape index (κ1) is 20.4. The summed E-state index contributed by atoms with van der Waals surface area (Å²) in [5, 5.41) is 14.0. The van der Waals surface area contributed by atoms with Gasteiger partial charge >= 0.3 is 0 Å². The number of rotatable bonds is 2. The third kappa shape index (κ3) is 3.05.